The minimum Gasteiger partial charge on any atom is -0.338 e. The molecule has 1 saturated heterocycles. The standard InChI is InChI=1S/C19H15Cl2FN2O3S/c20-12-7-13(21)9-15(8-12)24-11-18(19(25)23-5-1-2-6-23)28(26,27)17-4-3-14(22)10-16(17)24/h3-4,7-11H,1-2,5-6H2. The lowest BCUT2D eigenvalue weighted by atomic mass is 10.2. The van der Waals surface area contributed by atoms with Crippen LogP contribution >= 0.6 is 23.2 Å². The maximum absolute atomic E-state index is 13.9. The molecule has 2 aliphatic rings. The Kier molecular flexibility index (Phi) is 4.85. The van der Waals surface area contributed by atoms with E-state index in [-0.39, 0.29) is 15.5 Å². The smallest absolute Gasteiger partial charge is 0.267 e. The van der Waals surface area contributed by atoms with Crippen molar-refractivity contribution in [3.05, 3.63) is 63.4 Å². The van der Waals surface area contributed by atoms with Crippen molar-refractivity contribution in [2.45, 2.75) is 17.7 Å². The van der Waals surface area contributed by atoms with Crippen molar-refractivity contribution in [2.24, 2.45) is 0 Å². The average molecular weight is 441 g/mol. The number of carbonyl (C=O) groups excluding carboxylic acids is 1. The van der Waals surface area contributed by atoms with E-state index in [2.05, 4.69) is 0 Å². The van der Waals surface area contributed by atoms with Gasteiger partial charge in [0, 0.05) is 35.0 Å². The van der Waals surface area contributed by atoms with E-state index in [1.807, 2.05) is 0 Å². The van der Waals surface area contributed by atoms with Crippen molar-refractivity contribution >= 4 is 50.3 Å². The lowest BCUT2D eigenvalue weighted by molar-refractivity contribution is -0.125. The number of halogens is 3. The van der Waals surface area contributed by atoms with Gasteiger partial charge in [-0.3, -0.25) is 4.79 Å². The topological polar surface area (TPSA) is 57.7 Å². The zero-order chi connectivity index (χ0) is 20.1. The highest BCUT2D eigenvalue weighted by Crippen LogP contribution is 2.41. The minimum atomic E-state index is -4.10. The molecule has 28 heavy (non-hydrogen) atoms. The molecule has 0 atom stereocenters. The van der Waals surface area contributed by atoms with Crippen LogP contribution in [0, 0.1) is 5.82 Å². The van der Waals surface area contributed by atoms with Crippen LogP contribution in [0.4, 0.5) is 15.8 Å². The van der Waals surface area contributed by atoms with Crippen molar-refractivity contribution in [1.29, 1.82) is 0 Å². The van der Waals surface area contributed by atoms with E-state index < -0.39 is 21.6 Å². The minimum absolute atomic E-state index is 0.0938. The number of benzene rings is 2. The second-order valence-electron chi connectivity index (χ2n) is 6.61. The van der Waals surface area contributed by atoms with E-state index in [1.165, 1.54) is 28.1 Å². The number of hydrogen-bond acceptors (Lipinski definition) is 4. The summed E-state index contributed by atoms with van der Waals surface area (Å²) >= 11 is 12.2. The average Bonchev–Trinajstić information content (AvgIpc) is 3.14. The fourth-order valence-electron chi connectivity index (χ4n) is 3.42. The summed E-state index contributed by atoms with van der Waals surface area (Å²) in [7, 11) is -4.10. The second-order valence-corrected chi connectivity index (χ2v) is 9.37. The van der Waals surface area contributed by atoms with E-state index in [9.17, 15) is 17.6 Å². The Bertz CT molecular complexity index is 1090. The zero-order valence-corrected chi connectivity index (χ0v) is 16.9. The summed E-state index contributed by atoms with van der Waals surface area (Å²) < 4.78 is 40.1. The molecule has 9 heteroatoms. The maximum Gasteiger partial charge on any atom is 0.267 e. The first kappa shape index (κ1) is 19.2. The van der Waals surface area contributed by atoms with Gasteiger partial charge in [-0.2, -0.15) is 0 Å². The second kappa shape index (κ2) is 7.06. The molecule has 0 aromatic heterocycles. The highest BCUT2D eigenvalue weighted by Gasteiger charge is 2.38. The van der Waals surface area contributed by atoms with Gasteiger partial charge < -0.3 is 9.80 Å². The Morgan fingerprint density at radius 2 is 1.64 bits per heavy atom. The number of fused-ring (bicyclic) bond motifs is 1. The van der Waals surface area contributed by atoms with E-state index in [0.29, 0.717) is 28.8 Å². The molecule has 2 aromatic rings. The van der Waals surface area contributed by atoms with Crippen LogP contribution in [0.15, 0.2) is 52.4 Å². The summed E-state index contributed by atoms with van der Waals surface area (Å²) in [6.07, 6.45) is 2.88. The highest BCUT2D eigenvalue weighted by molar-refractivity contribution is 7.96. The molecule has 0 aliphatic carbocycles. The number of nitrogens with zero attached hydrogens (tertiary/aromatic N) is 2. The summed E-state index contributed by atoms with van der Waals surface area (Å²) in [6.45, 7) is 1.01. The molecule has 146 valence electrons. The summed E-state index contributed by atoms with van der Waals surface area (Å²) in [6, 6.07) is 7.99. The van der Waals surface area contributed by atoms with E-state index in [0.717, 1.165) is 25.0 Å². The van der Waals surface area contributed by atoms with Gasteiger partial charge in [-0.25, -0.2) is 12.8 Å². The van der Waals surface area contributed by atoms with Crippen molar-refractivity contribution in [3.63, 3.8) is 0 Å². The molecule has 5 nitrogen and oxygen atoms in total. The largest absolute Gasteiger partial charge is 0.338 e. The SMILES string of the molecule is O=C(C1=CN(c2cc(Cl)cc(Cl)c2)c2cc(F)ccc2S1(=O)=O)N1CCCC1. The van der Waals surface area contributed by atoms with Crippen molar-refractivity contribution < 1.29 is 17.6 Å². The Morgan fingerprint density at radius 1 is 1.00 bits per heavy atom. The first-order chi connectivity index (χ1) is 13.3. The molecule has 0 radical (unpaired) electrons. The molecule has 0 unspecified atom stereocenters. The number of amides is 1. The first-order valence-electron chi connectivity index (χ1n) is 8.58. The predicted octanol–water partition coefficient (Wildman–Crippen LogP) is 4.52. The van der Waals surface area contributed by atoms with Crippen LogP contribution in [0.1, 0.15) is 12.8 Å². The van der Waals surface area contributed by atoms with Crippen LogP contribution in [0.3, 0.4) is 0 Å². The van der Waals surface area contributed by atoms with Gasteiger partial charge in [0.15, 0.2) is 4.91 Å². The predicted molar refractivity (Wildman–Crippen MR) is 106 cm³/mol. The Morgan fingerprint density at radius 3 is 2.29 bits per heavy atom. The number of anilines is 2. The summed E-state index contributed by atoms with van der Waals surface area (Å²) in [4.78, 5) is 15.4. The van der Waals surface area contributed by atoms with Crippen LogP contribution in [-0.4, -0.2) is 32.3 Å². The molecular weight excluding hydrogens is 426 g/mol. The lowest BCUT2D eigenvalue weighted by Crippen LogP contribution is -2.35. The highest BCUT2D eigenvalue weighted by atomic mass is 35.5. The van der Waals surface area contributed by atoms with E-state index in [4.69, 9.17) is 23.2 Å². The van der Waals surface area contributed by atoms with Crippen molar-refractivity contribution in [2.75, 3.05) is 18.0 Å². The van der Waals surface area contributed by atoms with Gasteiger partial charge in [0.25, 0.3) is 5.91 Å². The van der Waals surface area contributed by atoms with Crippen molar-refractivity contribution in [1.82, 2.24) is 4.90 Å². The molecule has 0 saturated carbocycles. The summed E-state index contributed by atoms with van der Waals surface area (Å²) in [5, 5.41) is 0.657. The quantitative estimate of drug-likeness (QED) is 0.643. The molecule has 0 bridgehead atoms. The van der Waals surface area contributed by atoms with Gasteiger partial charge in [0.1, 0.15) is 5.82 Å². The molecule has 2 heterocycles. The van der Waals surface area contributed by atoms with Gasteiger partial charge in [-0.05, 0) is 49.2 Å². The van der Waals surface area contributed by atoms with Gasteiger partial charge in [0.05, 0.1) is 10.6 Å². The number of carbonyl (C=O) groups is 1. The third-order valence-corrected chi connectivity index (χ3v) is 6.96. The third kappa shape index (κ3) is 3.27. The first-order valence-corrected chi connectivity index (χ1v) is 10.8. The Balaban J connectivity index is 1.93. The van der Waals surface area contributed by atoms with Crippen LogP contribution in [0.2, 0.25) is 10.0 Å². The Hall–Kier alpha value is -2.09. The Labute approximate surface area is 171 Å². The van der Waals surface area contributed by atoms with Gasteiger partial charge >= 0.3 is 0 Å². The zero-order valence-electron chi connectivity index (χ0n) is 14.5. The van der Waals surface area contributed by atoms with Crippen LogP contribution < -0.4 is 4.90 Å². The molecule has 4 rings (SSSR count). The molecule has 1 amide bonds. The van der Waals surface area contributed by atoms with Crippen LogP contribution in [-0.2, 0) is 14.6 Å². The number of hydrogen-bond donors (Lipinski definition) is 0. The fourth-order valence-corrected chi connectivity index (χ4v) is 5.45. The van der Waals surface area contributed by atoms with E-state index in [1.54, 1.807) is 12.1 Å². The number of rotatable bonds is 2. The molecular formula is C19H15Cl2FN2O3S. The molecule has 1 fully saturated rings. The number of likely N-dealkylation sites (tertiary alicyclic amines) is 1. The van der Waals surface area contributed by atoms with Gasteiger partial charge in [-0.1, -0.05) is 23.2 Å². The maximum atomic E-state index is 13.9. The normalized spacial score (nSPS) is 18.0. The van der Waals surface area contributed by atoms with Gasteiger partial charge in [-0.15, -0.1) is 0 Å². The van der Waals surface area contributed by atoms with Crippen LogP contribution in [0.5, 0.6) is 0 Å². The monoisotopic (exact) mass is 440 g/mol. The molecule has 0 N–H and O–H groups in total. The molecule has 2 aliphatic heterocycles. The third-order valence-electron chi connectivity index (χ3n) is 4.74. The lowest BCUT2D eigenvalue weighted by Gasteiger charge is -2.30. The number of sulfone groups is 1. The van der Waals surface area contributed by atoms with Gasteiger partial charge in [0.2, 0.25) is 9.84 Å². The summed E-state index contributed by atoms with van der Waals surface area (Å²) in [5.41, 5.74) is 0.516. The van der Waals surface area contributed by atoms with Crippen molar-refractivity contribution in [3.8, 4) is 0 Å². The fraction of sp³-hybridized carbons (Fsp3) is 0.211. The summed E-state index contributed by atoms with van der Waals surface area (Å²) in [5.74, 6) is -1.17. The molecule has 0 spiro atoms. The van der Waals surface area contributed by atoms with E-state index >= 15 is 0 Å². The molecule has 2 aromatic carbocycles. The van der Waals surface area contributed by atoms with Crippen LogP contribution in [0.25, 0.3) is 0 Å².